The summed E-state index contributed by atoms with van der Waals surface area (Å²) in [6, 6.07) is 0.445. The highest BCUT2D eigenvalue weighted by Gasteiger charge is 2.35. The average molecular weight is 320 g/mol. The first kappa shape index (κ1) is 11.4. The number of halogens is 1. The Balaban J connectivity index is 1.51. The lowest BCUT2D eigenvalue weighted by molar-refractivity contribution is 0.364. The second kappa shape index (κ2) is 4.30. The summed E-state index contributed by atoms with van der Waals surface area (Å²) in [6.07, 6.45) is 9.98. The average Bonchev–Trinajstić information content (AvgIpc) is 3.12. The molecule has 4 rings (SSSR count). The van der Waals surface area contributed by atoms with Crippen molar-refractivity contribution in [1.82, 2.24) is 19.7 Å². The number of anilines is 1. The van der Waals surface area contributed by atoms with E-state index in [2.05, 4.69) is 35.9 Å². The standard InChI is InChI=1S/C13H14BrN5/c14-10-5-17-19(6-10)11-7-18(8-11)13-12(9-1-2-9)15-3-4-16-13/h3-6,9,11H,1-2,7-8H2. The van der Waals surface area contributed by atoms with E-state index in [1.807, 2.05) is 17.1 Å². The van der Waals surface area contributed by atoms with E-state index in [0.29, 0.717) is 12.0 Å². The summed E-state index contributed by atoms with van der Waals surface area (Å²) in [7, 11) is 0. The fraction of sp³-hybridized carbons (Fsp3) is 0.462. The highest BCUT2D eigenvalue weighted by molar-refractivity contribution is 9.10. The molecule has 1 aliphatic heterocycles. The smallest absolute Gasteiger partial charge is 0.150 e. The fourth-order valence-corrected chi connectivity index (χ4v) is 2.84. The number of aromatic nitrogens is 4. The second-order valence-electron chi connectivity index (χ2n) is 5.24. The minimum atomic E-state index is 0.445. The molecule has 2 fully saturated rings. The molecule has 2 aromatic heterocycles. The van der Waals surface area contributed by atoms with Gasteiger partial charge in [-0.2, -0.15) is 5.10 Å². The van der Waals surface area contributed by atoms with Crippen molar-refractivity contribution in [2.24, 2.45) is 0 Å². The van der Waals surface area contributed by atoms with E-state index < -0.39 is 0 Å². The Morgan fingerprint density at radius 1 is 1.16 bits per heavy atom. The van der Waals surface area contributed by atoms with Crippen molar-refractivity contribution in [2.45, 2.75) is 24.8 Å². The van der Waals surface area contributed by atoms with Crippen LogP contribution in [0, 0.1) is 0 Å². The summed E-state index contributed by atoms with van der Waals surface area (Å²) >= 11 is 3.43. The summed E-state index contributed by atoms with van der Waals surface area (Å²) in [5.74, 6) is 1.72. The molecule has 0 radical (unpaired) electrons. The maximum atomic E-state index is 4.52. The molecule has 1 saturated heterocycles. The monoisotopic (exact) mass is 319 g/mol. The van der Waals surface area contributed by atoms with Crippen LogP contribution in [0.2, 0.25) is 0 Å². The summed E-state index contributed by atoms with van der Waals surface area (Å²) in [5, 5.41) is 4.34. The third-order valence-corrected chi connectivity index (χ3v) is 4.19. The first-order chi connectivity index (χ1) is 9.31. The van der Waals surface area contributed by atoms with Gasteiger partial charge >= 0.3 is 0 Å². The molecule has 0 atom stereocenters. The van der Waals surface area contributed by atoms with Gasteiger partial charge in [0.05, 0.1) is 22.4 Å². The van der Waals surface area contributed by atoms with Gasteiger partial charge in [0.15, 0.2) is 5.82 Å². The van der Waals surface area contributed by atoms with Crippen LogP contribution in [-0.2, 0) is 0 Å². The Kier molecular flexibility index (Phi) is 2.58. The molecule has 5 nitrogen and oxygen atoms in total. The van der Waals surface area contributed by atoms with Gasteiger partial charge in [-0.1, -0.05) is 0 Å². The molecule has 2 aliphatic rings. The molecule has 0 bridgehead atoms. The SMILES string of the molecule is Brc1cnn(C2CN(c3nccnc3C3CC3)C2)c1. The highest BCUT2D eigenvalue weighted by atomic mass is 79.9. The van der Waals surface area contributed by atoms with Crippen LogP contribution in [-0.4, -0.2) is 32.8 Å². The normalized spacial score (nSPS) is 19.5. The van der Waals surface area contributed by atoms with Crippen molar-refractivity contribution in [2.75, 3.05) is 18.0 Å². The van der Waals surface area contributed by atoms with Crippen molar-refractivity contribution in [3.8, 4) is 0 Å². The van der Waals surface area contributed by atoms with E-state index in [1.54, 1.807) is 12.4 Å². The molecule has 1 aliphatic carbocycles. The molecular formula is C13H14BrN5. The molecule has 1 saturated carbocycles. The predicted octanol–water partition coefficient (Wildman–Crippen LogP) is 2.37. The first-order valence-corrected chi connectivity index (χ1v) is 7.36. The van der Waals surface area contributed by atoms with Gasteiger partial charge in [0.1, 0.15) is 0 Å². The first-order valence-electron chi connectivity index (χ1n) is 6.57. The minimum Gasteiger partial charge on any atom is -0.351 e. The lowest BCUT2D eigenvalue weighted by Crippen LogP contribution is -2.48. The van der Waals surface area contributed by atoms with Crippen LogP contribution < -0.4 is 4.90 Å². The molecule has 0 amide bonds. The molecule has 0 aromatic carbocycles. The third kappa shape index (κ3) is 2.04. The lowest BCUT2D eigenvalue weighted by Gasteiger charge is -2.40. The van der Waals surface area contributed by atoms with Crippen LogP contribution in [0.1, 0.15) is 30.5 Å². The van der Waals surface area contributed by atoms with Gasteiger partial charge in [-0.25, -0.2) is 4.98 Å². The second-order valence-corrected chi connectivity index (χ2v) is 6.15. The molecule has 2 aromatic rings. The predicted molar refractivity (Wildman–Crippen MR) is 75.2 cm³/mol. The van der Waals surface area contributed by atoms with Crippen LogP contribution in [0.5, 0.6) is 0 Å². The van der Waals surface area contributed by atoms with E-state index in [4.69, 9.17) is 0 Å². The maximum Gasteiger partial charge on any atom is 0.150 e. The molecule has 0 spiro atoms. The Labute approximate surface area is 119 Å². The van der Waals surface area contributed by atoms with Crippen LogP contribution in [0.25, 0.3) is 0 Å². The highest BCUT2D eigenvalue weighted by Crippen LogP contribution is 2.43. The van der Waals surface area contributed by atoms with Gasteiger partial charge in [-0.05, 0) is 28.8 Å². The van der Waals surface area contributed by atoms with Gasteiger partial charge in [0, 0.05) is 37.6 Å². The zero-order valence-corrected chi connectivity index (χ0v) is 12.0. The molecular weight excluding hydrogens is 306 g/mol. The Morgan fingerprint density at radius 3 is 2.63 bits per heavy atom. The largest absolute Gasteiger partial charge is 0.351 e. The van der Waals surface area contributed by atoms with Crippen LogP contribution in [0.4, 0.5) is 5.82 Å². The zero-order valence-electron chi connectivity index (χ0n) is 10.4. The van der Waals surface area contributed by atoms with E-state index >= 15 is 0 Å². The van der Waals surface area contributed by atoms with Crippen molar-refractivity contribution in [3.63, 3.8) is 0 Å². The number of rotatable bonds is 3. The molecule has 0 unspecified atom stereocenters. The van der Waals surface area contributed by atoms with E-state index in [9.17, 15) is 0 Å². The zero-order chi connectivity index (χ0) is 12.8. The molecule has 0 N–H and O–H groups in total. The van der Waals surface area contributed by atoms with E-state index in [-0.39, 0.29) is 0 Å². The summed E-state index contributed by atoms with van der Waals surface area (Å²) in [4.78, 5) is 11.3. The summed E-state index contributed by atoms with van der Waals surface area (Å²) in [5.41, 5.74) is 1.18. The van der Waals surface area contributed by atoms with Gasteiger partial charge in [-0.15, -0.1) is 0 Å². The molecule has 3 heterocycles. The van der Waals surface area contributed by atoms with Gasteiger partial charge in [0.25, 0.3) is 0 Å². The van der Waals surface area contributed by atoms with Crippen molar-refractivity contribution in [3.05, 3.63) is 35.0 Å². The van der Waals surface area contributed by atoms with E-state index in [0.717, 1.165) is 23.4 Å². The topological polar surface area (TPSA) is 46.8 Å². The van der Waals surface area contributed by atoms with Crippen molar-refractivity contribution in [1.29, 1.82) is 0 Å². The quantitative estimate of drug-likeness (QED) is 0.871. The minimum absolute atomic E-state index is 0.445. The van der Waals surface area contributed by atoms with Crippen LogP contribution in [0.3, 0.4) is 0 Å². The van der Waals surface area contributed by atoms with Crippen molar-refractivity contribution < 1.29 is 0 Å². The van der Waals surface area contributed by atoms with Crippen molar-refractivity contribution >= 4 is 21.7 Å². The molecule has 19 heavy (non-hydrogen) atoms. The molecule has 6 heteroatoms. The van der Waals surface area contributed by atoms with E-state index in [1.165, 1.54) is 18.5 Å². The maximum absolute atomic E-state index is 4.52. The van der Waals surface area contributed by atoms with Gasteiger partial charge < -0.3 is 4.90 Å². The van der Waals surface area contributed by atoms with Crippen LogP contribution in [0.15, 0.2) is 29.3 Å². The number of nitrogens with zero attached hydrogens (tertiary/aromatic N) is 5. The Bertz CT molecular complexity index is 601. The Morgan fingerprint density at radius 2 is 1.95 bits per heavy atom. The number of hydrogen-bond donors (Lipinski definition) is 0. The summed E-state index contributed by atoms with van der Waals surface area (Å²) < 4.78 is 3.05. The lowest BCUT2D eigenvalue weighted by atomic mass is 10.1. The Hall–Kier alpha value is -1.43. The van der Waals surface area contributed by atoms with Crippen LogP contribution >= 0.6 is 15.9 Å². The number of hydrogen-bond acceptors (Lipinski definition) is 4. The third-order valence-electron chi connectivity index (χ3n) is 3.78. The summed E-state index contributed by atoms with van der Waals surface area (Å²) in [6.45, 7) is 1.93. The fourth-order valence-electron chi connectivity index (χ4n) is 2.54. The van der Waals surface area contributed by atoms with Gasteiger partial charge in [0.2, 0.25) is 0 Å². The van der Waals surface area contributed by atoms with Gasteiger partial charge in [-0.3, -0.25) is 9.67 Å². The molecule has 98 valence electrons.